The van der Waals surface area contributed by atoms with Crippen molar-refractivity contribution >= 4 is 0 Å². The van der Waals surface area contributed by atoms with E-state index in [0.29, 0.717) is 13.2 Å². The average Bonchev–Trinajstić information content (AvgIpc) is 2.16. The average molecular weight is 190 g/mol. The van der Waals surface area contributed by atoms with Gasteiger partial charge in [0.15, 0.2) is 0 Å². The van der Waals surface area contributed by atoms with Crippen LogP contribution in [-0.4, -0.2) is 63.1 Å². The third-order valence-corrected chi connectivity index (χ3v) is 1.87. The molecule has 0 aromatic rings. The summed E-state index contributed by atoms with van der Waals surface area (Å²) < 4.78 is 5.09. The normalized spacial score (nSPS) is 11.1. The predicted molar refractivity (Wildman–Crippen MR) is 53.9 cm³/mol. The highest BCUT2D eigenvalue weighted by Gasteiger charge is 1.92. The fraction of sp³-hybridized carbons (Fsp3) is 1.00. The minimum absolute atomic E-state index is 0.110. The minimum Gasteiger partial charge on any atom is -0.394 e. The topological polar surface area (TPSA) is 44.7 Å². The van der Waals surface area contributed by atoms with Gasteiger partial charge in [-0.05, 0) is 13.6 Å². The van der Waals surface area contributed by atoms with E-state index in [1.807, 2.05) is 0 Å². The van der Waals surface area contributed by atoms with E-state index in [0.717, 1.165) is 26.2 Å². The first kappa shape index (κ1) is 12.8. The van der Waals surface area contributed by atoms with Crippen LogP contribution in [0.3, 0.4) is 0 Å². The van der Waals surface area contributed by atoms with Gasteiger partial charge >= 0.3 is 0 Å². The Labute approximate surface area is 80.9 Å². The molecule has 0 spiro atoms. The van der Waals surface area contributed by atoms with E-state index in [4.69, 9.17) is 9.84 Å². The van der Waals surface area contributed by atoms with E-state index in [1.54, 1.807) is 0 Å². The van der Waals surface area contributed by atoms with Crippen molar-refractivity contribution in [3.05, 3.63) is 0 Å². The molecule has 0 aliphatic heterocycles. The van der Waals surface area contributed by atoms with Crippen molar-refractivity contribution in [3.8, 4) is 0 Å². The van der Waals surface area contributed by atoms with Crippen LogP contribution in [0.5, 0.6) is 0 Å². The van der Waals surface area contributed by atoms with Crippen LogP contribution in [0.15, 0.2) is 0 Å². The molecule has 4 nitrogen and oxygen atoms in total. The van der Waals surface area contributed by atoms with Gasteiger partial charge in [0.2, 0.25) is 0 Å². The molecule has 2 N–H and O–H groups in total. The molecule has 0 aromatic carbocycles. The molecule has 0 aliphatic rings. The number of likely N-dealkylation sites (N-methyl/N-ethyl adjacent to an activating group) is 1. The van der Waals surface area contributed by atoms with Crippen molar-refractivity contribution < 1.29 is 9.84 Å². The third kappa shape index (κ3) is 9.76. The van der Waals surface area contributed by atoms with Crippen molar-refractivity contribution in [2.45, 2.75) is 6.92 Å². The summed E-state index contributed by atoms with van der Waals surface area (Å²) in [6.45, 7) is 7.37. The third-order valence-electron chi connectivity index (χ3n) is 1.87. The second-order valence-electron chi connectivity index (χ2n) is 2.98. The van der Waals surface area contributed by atoms with Gasteiger partial charge in [-0.2, -0.15) is 0 Å². The van der Waals surface area contributed by atoms with Crippen LogP contribution >= 0.6 is 0 Å². The molecule has 0 atom stereocenters. The van der Waals surface area contributed by atoms with E-state index < -0.39 is 0 Å². The minimum atomic E-state index is 0.110. The summed E-state index contributed by atoms with van der Waals surface area (Å²) in [5.41, 5.74) is 0. The van der Waals surface area contributed by atoms with Crippen LogP contribution in [0.25, 0.3) is 0 Å². The molecule has 80 valence electrons. The Kier molecular flexibility index (Phi) is 9.80. The summed E-state index contributed by atoms with van der Waals surface area (Å²) in [5, 5.41) is 11.7. The Balaban J connectivity index is 2.91. The van der Waals surface area contributed by atoms with E-state index in [9.17, 15) is 0 Å². The Hall–Kier alpha value is -0.160. The molecule has 0 unspecified atom stereocenters. The molecule has 13 heavy (non-hydrogen) atoms. The highest BCUT2D eigenvalue weighted by molar-refractivity contribution is 4.51. The monoisotopic (exact) mass is 190 g/mol. The SMILES string of the molecule is CCN(C)CCNCCOCCO. The summed E-state index contributed by atoms with van der Waals surface area (Å²) >= 11 is 0. The van der Waals surface area contributed by atoms with Gasteiger partial charge in [-0.15, -0.1) is 0 Å². The van der Waals surface area contributed by atoms with Crippen molar-refractivity contribution in [3.63, 3.8) is 0 Å². The maximum absolute atomic E-state index is 8.42. The quantitative estimate of drug-likeness (QED) is 0.483. The molecular weight excluding hydrogens is 168 g/mol. The number of nitrogens with zero attached hydrogens (tertiary/aromatic N) is 1. The molecule has 0 bridgehead atoms. The number of nitrogens with one attached hydrogen (secondary N) is 1. The summed E-state index contributed by atoms with van der Waals surface area (Å²) in [7, 11) is 2.10. The Morgan fingerprint density at radius 3 is 2.69 bits per heavy atom. The zero-order valence-electron chi connectivity index (χ0n) is 8.75. The van der Waals surface area contributed by atoms with Crippen molar-refractivity contribution in [1.82, 2.24) is 10.2 Å². The lowest BCUT2D eigenvalue weighted by molar-refractivity contribution is 0.0937. The van der Waals surface area contributed by atoms with E-state index >= 15 is 0 Å². The van der Waals surface area contributed by atoms with E-state index in [1.165, 1.54) is 0 Å². The molecular formula is C9H22N2O2. The maximum Gasteiger partial charge on any atom is 0.0698 e. The second kappa shape index (κ2) is 9.92. The summed E-state index contributed by atoms with van der Waals surface area (Å²) in [6.07, 6.45) is 0. The standard InChI is InChI=1S/C9H22N2O2/c1-3-11(2)6-4-10-5-8-13-9-7-12/h10,12H,3-9H2,1-2H3. The Bertz CT molecular complexity index is 102. The molecule has 0 amide bonds. The second-order valence-corrected chi connectivity index (χ2v) is 2.98. The van der Waals surface area contributed by atoms with Gasteiger partial charge in [0, 0.05) is 19.6 Å². The smallest absolute Gasteiger partial charge is 0.0698 e. The van der Waals surface area contributed by atoms with Gasteiger partial charge < -0.3 is 20.1 Å². The highest BCUT2D eigenvalue weighted by atomic mass is 16.5. The summed E-state index contributed by atoms with van der Waals surface area (Å²) in [4.78, 5) is 2.25. The van der Waals surface area contributed by atoms with Crippen LogP contribution in [0, 0.1) is 0 Å². The number of hydrogen-bond donors (Lipinski definition) is 2. The fourth-order valence-electron chi connectivity index (χ4n) is 0.864. The van der Waals surface area contributed by atoms with Gasteiger partial charge in [-0.3, -0.25) is 0 Å². The zero-order chi connectivity index (χ0) is 9.94. The molecule has 0 aromatic heterocycles. The highest BCUT2D eigenvalue weighted by Crippen LogP contribution is 1.77. The van der Waals surface area contributed by atoms with Crippen LogP contribution in [-0.2, 0) is 4.74 Å². The predicted octanol–water partition coefficient (Wildman–Crippen LogP) is -0.463. The summed E-state index contributed by atoms with van der Waals surface area (Å²) in [5.74, 6) is 0. The molecule has 0 saturated heterocycles. The molecule has 0 heterocycles. The fourth-order valence-corrected chi connectivity index (χ4v) is 0.864. The number of aliphatic hydroxyl groups is 1. The van der Waals surface area contributed by atoms with Crippen LogP contribution in [0.1, 0.15) is 6.92 Å². The van der Waals surface area contributed by atoms with Crippen LogP contribution in [0.2, 0.25) is 0 Å². The molecule has 0 aliphatic carbocycles. The summed E-state index contributed by atoms with van der Waals surface area (Å²) in [6, 6.07) is 0. The molecule has 0 radical (unpaired) electrons. The largest absolute Gasteiger partial charge is 0.394 e. The van der Waals surface area contributed by atoms with Crippen molar-refractivity contribution in [2.24, 2.45) is 0 Å². The molecule has 4 heteroatoms. The first-order valence-corrected chi connectivity index (χ1v) is 4.89. The number of ether oxygens (including phenoxy) is 1. The van der Waals surface area contributed by atoms with Gasteiger partial charge in [0.1, 0.15) is 0 Å². The van der Waals surface area contributed by atoms with Gasteiger partial charge in [-0.25, -0.2) is 0 Å². The Morgan fingerprint density at radius 1 is 1.31 bits per heavy atom. The lowest BCUT2D eigenvalue weighted by Gasteiger charge is -2.13. The molecule has 0 saturated carbocycles. The van der Waals surface area contributed by atoms with Crippen LogP contribution < -0.4 is 5.32 Å². The first-order chi connectivity index (χ1) is 6.31. The lowest BCUT2D eigenvalue weighted by atomic mass is 10.5. The number of hydrogen-bond acceptors (Lipinski definition) is 4. The maximum atomic E-state index is 8.42. The lowest BCUT2D eigenvalue weighted by Crippen LogP contribution is -2.31. The Morgan fingerprint density at radius 2 is 2.08 bits per heavy atom. The van der Waals surface area contributed by atoms with Gasteiger partial charge in [0.05, 0.1) is 19.8 Å². The van der Waals surface area contributed by atoms with Crippen LogP contribution in [0.4, 0.5) is 0 Å². The zero-order valence-corrected chi connectivity index (χ0v) is 8.75. The van der Waals surface area contributed by atoms with Crippen molar-refractivity contribution in [1.29, 1.82) is 0 Å². The number of aliphatic hydroxyl groups excluding tert-OH is 1. The van der Waals surface area contributed by atoms with E-state index in [2.05, 4.69) is 24.2 Å². The first-order valence-electron chi connectivity index (χ1n) is 4.89. The number of rotatable bonds is 9. The molecule has 0 fully saturated rings. The van der Waals surface area contributed by atoms with Gasteiger partial charge in [0.25, 0.3) is 0 Å². The molecule has 0 rings (SSSR count). The van der Waals surface area contributed by atoms with E-state index in [-0.39, 0.29) is 6.61 Å². The van der Waals surface area contributed by atoms with Crippen molar-refractivity contribution in [2.75, 3.05) is 53.0 Å². The van der Waals surface area contributed by atoms with Gasteiger partial charge in [-0.1, -0.05) is 6.92 Å².